The van der Waals surface area contributed by atoms with Gasteiger partial charge in [-0.2, -0.15) is 0 Å². The lowest BCUT2D eigenvalue weighted by Crippen LogP contribution is -2.06. The number of benzene rings is 4. The van der Waals surface area contributed by atoms with Gasteiger partial charge in [-0.25, -0.2) is 0 Å². The number of carbonyl (C=O) groups is 2. The number of nitrogens with zero attached hydrogens (tertiary/aromatic N) is 1. The van der Waals surface area contributed by atoms with E-state index >= 15 is 0 Å². The van der Waals surface area contributed by atoms with Gasteiger partial charge >= 0.3 is 0 Å². The summed E-state index contributed by atoms with van der Waals surface area (Å²) < 4.78 is 0. The SMILES string of the molecule is O=Cc1c(C(=O)c2ccc(O)c3ccccc23)cc2ccccc2c1N=O. The van der Waals surface area contributed by atoms with Crippen molar-refractivity contribution in [1.29, 1.82) is 0 Å². The molecule has 0 bridgehead atoms. The summed E-state index contributed by atoms with van der Waals surface area (Å²) in [6, 6.07) is 18.5. The molecule has 0 aromatic heterocycles. The molecule has 4 rings (SSSR count). The van der Waals surface area contributed by atoms with Gasteiger partial charge in [0.25, 0.3) is 0 Å². The minimum atomic E-state index is -0.413. The Hall–Kier alpha value is -3.86. The van der Waals surface area contributed by atoms with Gasteiger partial charge in [0.1, 0.15) is 11.4 Å². The third-order valence-corrected chi connectivity index (χ3v) is 4.66. The number of phenolic OH excluding ortho intramolecular Hbond substituents is 1. The largest absolute Gasteiger partial charge is 0.507 e. The molecule has 0 saturated carbocycles. The Labute approximate surface area is 153 Å². The van der Waals surface area contributed by atoms with Crippen LogP contribution in [-0.2, 0) is 0 Å². The van der Waals surface area contributed by atoms with Crippen molar-refractivity contribution in [2.75, 3.05) is 0 Å². The van der Waals surface area contributed by atoms with Crippen molar-refractivity contribution in [1.82, 2.24) is 0 Å². The topological polar surface area (TPSA) is 83.8 Å². The smallest absolute Gasteiger partial charge is 0.194 e. The second kappa shape index (κ2) is 6.46. The van der Waals surface area contributed by atoms with E-state index < -0.39 is 5.78 Å². The van der Waals surface area contributed by atoms with Crippen LogP contribution in [0.25, 0.3) is 21.5 Å². The van der Waals surface area contributed by atoms with Crippen LogP contribution in [0.15, 0.2) is 71.9 Å². The number of hydrogen-bond acceptors (Lipinski definition) is 5. The molecule has 5 nitrogen and oxygen atoms in total. The first-order valence-electron chi connectivity index (χ1n) is 8.25. The van der Waals surface area contributed by atoms with Crippen molar-refractivity contribution in [3.8, 4) is 5.75 Å². The van der Waals surface area contributed by atoms with E-state index in [0.29, 0.717) is 33.4 Å². The molecule has 5 heteroatoms. The van der Waals surface area contributed by atoms with E-state index in [1.165, 1.54) is 12.1 Å². The molecule has 27 heavy (non-hydrogen) atoms. The number of rotatable bonds is 4. The average Bonchev–Trinajstić information content (AvgIpc) is 2.72. The lowest BCUT2D eigenvalue weighted by atomic mass is 9.91. The summed E-state index contributed by atoms with van der Waals surface area (Å²) in [5.74, 6) is -0.351. The third kappa shape index (κ3) is 2.57. The molecule has 0 aliphatic rings. The fourth-order valence-electron chi connectivity index (χ4n) is 3.38. The zero-order valence-electron chi connectivity index (χ0n) is 14.0. The van der Waals surface area contributed by atoms with Crippen LogP contribution >= 0.6 is 0 Å². The normalized spacial score (nSPS) is 10.8. The third-order valence-electron chi connectivity index (χ3n) is 4.66. The van der Waals surface area contributed by atoms with Gasteiger partial charge in [-0.1, -0.05) is 48.5 Å². The Morgan fingerprint density at radius 2 is 1.52 bits per heavy atom. The number of fused-ring (bicyclic) bond motifs is 2. The van der Waals surface area contributed by atoms with Crippen molar-refractivity contribution < 1.29 is 14.7 Å². The highest BCUT2D eigenvalue weighted by Gasteiger charge is 2.21. The lowest BCUT2D eigenvalue weighted by Gasteiger charge is -2.11. The first-order valence-corrected chi connectivity index (χ1v) is 8.25. The van der Waals surface area contributed by atoms with Crippen LogP contribution in [-0.4, -0.2) is 17.2 Å². The molecule has 0 saturated heterocycles. The van der Waals surface area contributed by atoms with Crippen LogP contribution in [0.2, 0.25) is 0 Å². The van der Waals surface area contributed by atoms with E-state index in [2.05, 4.69) is 5.18 Å². The number of hydrogen-bond donors (Lipinski definition) is 1. The van der Waals surface area contributed by atoms with Gasteiger partial charge in [0.2, 0.25) is 0 Å². The van der Waals surface area contributed by atoms with E-state index in [-0.39, 0.29) is 22.6 Å². The first kappa shape index (κ1) is 16.6. The van der Waals surface area contributed by atoms with Crippen LogP contribution in [0, 0.1) is 4.91 Å². The predicted molar refractivity (Wildman–Crippen MR) is 104 cm³/mol. The van der Waals surface area contributed by atoms with Crippen molar-refractivity contribution >= 4 is 39.3 Å². The molecule has 0 aliphatic carbocycles. The highest BCUT2D eigenvalue weighted by atomic mass is 16.3. The summed E-state index contributed by atoms with van der Waals surface area (Å²) >= 11 is 0. The van der Waals surface area contributed by atoms with E-state index in [9.17, 15) is 19.6 Å². The Bertz CT molecular complexity index is 1240. The number of aromatic hydroxyl groups is 1. The van der Waals surface area contributed by atoms with Crippen molar-refractivity contribution in [3.63, 3.8) is 0 Å². The molecular formula is C22H13NO4. The molecule has 1 N–H and O–H groups in total. The number of aldehydes is 1. The number of nitroso groups, excluding NO2 is 1. The molecule has 0 radical (unpaired) electrons. The molecule has 130 valence electrons. The summed E-state index contributed by atoms with van der Waals surface area (Å²) in [5, 5.41) is 15.3. The van der Waals surface area contributed by atoms with E-state index in [1.807, 2.05) is 0 Å². The zero-order chi connectivity index (χ0) is 19.0. The Kier molecular flexibility index (Phi) is 3.97. The predicted octanol–water partition coefficient (Wildman–Crippen LogP) is 5.14. The van der Waals surface area contributed by atoms with Crippen molar-refractivity contribution in [3.05, 3.63) is 88.3 Å². The molecule has 0 amide bonds. The van der Waals surface area contributed by atoms with Gasteiger partial charge in [-0.05, 0) is 34.1 Å². The van der Waals surface area contributed by atoms with Gasteiger partial charge in [0.05, 0.1) is 5.56 Å². The van der Waals surface area contributed by atoms with Crippen LogP contribution < -0.4 is 0 Å². The molecule has 0 aliphatic heterocycles. The average molecular weight is 355 g/mol. The maximum Gasteiger partial charge on any atom is 0.194 e. The van der Waals surface area contributed by atoms with Crippen LogP contribution in [0.1, 0.15) is 26.3 Å². The van der Waals surface area contributed by atoms with Gasteiger partial charge in [0, 0.05) is 21.9 Å². The summed E-state index contributed by atoms with van der Waals surface area (Å²) in [6.45, 7) is 0. The van der Waals surface area contributed by atoms with Crippen LogP contribution in [0.5, 0.6) is 5.75 Å². The second-order valence-corrected chi connectivity index (χ2v) is 6.12. The van der Waals surface area contributed by atoms with E-state index in [0.717, 1.165) is 0 Å². The maximum atomic E-state index is 13.3. The Morgan fingerprint density at radius 1 is 0.852 bits per heavy atom. The quantitative estimate of drug-likeness (QED) is 0.312. The van der Waals surface area contributed by atoms with Gasteiger partial charge in [-0.15, -0.1) is 4.91 Å². The van der Waals surface area contributed by atoms with Crippen molar-refractivity contribution in [2.24, 2.45) is 5.18 Å². The molecular weight excluding hydrogens is 342 g/mol. The first-order chi connectivity index (χ1) is 13.2. The van der Waals surface area contributed by atoms with Crippen molar-refractivity contribution in [2.45, 2.75) is 0 Å². The fraction of sp³-hybridized carbons (Fsp3) is 0. The lowest BCUT2D eigenvalue weighted by molar-refractivity contribution is 0.103. The molecule has 0 atom stereocenters. The summed E-state index contributed by atoms with van der Waals surface area (Å²) in [5.41, 5.74) is 0.355. The second-order valence-electron chi connectivity index (χ2n) is 6.12. The van der Waals surface area contributed by atoms with Crippen LogP contribution in [0.3, 0.4) is 0 Å². The monoisotopic (exact) mass is 355 g/mol. The Morgan fingerprint density at radius 3 is 2.22 bits per heavy atom. The number of ketones is 1. The molecule has 0 unspecified atom stereocenters. The summed E-state index contributed by atoms with van der Waals surface area (Å²) in [7, 11) is 0. The van der Waals surface area contributed by atoms with Gasteiger partial charge in [0.15, 0.2) is 12.1 Å². The molecule has 0 spiro atoms. The summed E-state index contributed by atoms with van der Waals surface area (Å²) in [6.07, 6.45) is 0.485. The van der Waals surface area contributed by atoms with Gasteiger partial charge < -0.3 is 5.11 Å². The van der Waals surface area contributed by atoms with E-state index in [4.69, 9.17) is 0 Å². The highest BCUT2D eigenvalue weighted by Crippen LogP contribution is 2.35. The maximum absolute atomic E-state index is 13.3. The molecule has 4 aromatic carbocycles. The fourth-order valence-corrected chi connectivity index (χ4v) is 3.38. The molecule has 0 fully saturated rings. The number of carbonyl (C=O) groups excluding carboxylic acids is 2. The minimum absolute atomic E-state index is 0.0362. The van der Waals surface area contributed by atoms with Gasteiger partial charge in [-0.3, -0.25) is 9.59 Å². The van der Waals surface area contributed by atoms with Crippen LogP contribution in [0.4, 0.5) is 5.69 Å². The minimum Gasteiger partial charge on any atom is -0.507 e. The summed E-state index contributed by atoms with van der Waals surface area (Å²) in [4.78, 5) is 36.4. The standard InChI is InChI=1S/C22H13NO4/c24-12-19-18(11-13-5-1-2-6-14(13)21(19)23-27)22(26)17-9-10-20(25)16-8-4-3-7-15(16)17/h1-12,25H. The Balaban J connectivity index is 2.03. The number of phenols is 1. The van der Waals surface area contributed by atoms with E-state index in [1.54, 1.807) is 54.6 Å². The molecule has 4 aromatic rings. The highest BCUT2D eigenvalue weighted by molar-refractivity contribution is 6.22. The molecule has 0 heterocycles. The zero-order valence-corrected chi connectivity index (χ0v) is 14.0.